The summed E-state index contributed by atoms with van der Waals surface area (Å²) in [5.41, 5.74) is -0.455. The maximum Gasteiger partial charge on any atom is 0.272 e. The summed E-state index contributed by atoms with van der Waals surface area (Å²) in [7, 11) is 1.54. The molecule has 0 spiro atoms. The Morgan fingerprint density at radius 1 is 1.29 bits per heavy atom. The fraction of sp³-hybridized carbons (Fsp3) is 0.588. The van der Waals surface area contributed by atoms with E-state index in [2.05, 4.69) is 4.98 Å². The topological polar surface area (TPSA) is 83.0 Å². The second kappa shape index (κ2) is 6.39. The van der Waals surface area contributed by atoms with Crippen molar-refractivity contribution in [2.45, 2.75) is 25.4 Å². The molecule has 3 heterocycles. The highest BCUT2D eigenvalue weighted by Crippen LogP contribution is 2.35. The molecule has 1 aromatic heterocycles. The van der Waals surface area contributed by atoms with Gasteiger partial charge in [-0.25, -0.2) is 0 Å². The summed E-state index contributed by atoms with van der Waals surface area (Å²) in [4.78, 5) is 31.9. The van der Waals surface area contributed by atoms with Gasteiger partial charge in [0.25, 0.3) is 5.91 Å². The van der Waals surface area contributed by atoms with Crippen LogP contribution < -0.4 is 4.74 Å². The van der Waals surface area contributed by atoms with Gasteiger partial charge in [0.15, 0.2) is 0 Å². The minimum Gasteiger partial charge on any atom is -0.497 e. The van der Waals surface area contributed by atoms with Crippen LogP contribution in [0.25, 0.3) is 0 Å². The second-order valence-electron chi connectivity index (χ2n) is 6.60. The molecule has 7 nitrogen and oxygen atoms in total. The molecule has 130 valence electrons. The van der Waals surface area contributed by atoms with Crippen LogP contribution in [-0.2, 0) is 4.79 Å². The second-order valence-corrected chi connectivity index (χ2v) is 6.60. The maximum atomic E-state index is 12.7. The Morgan fingerprint density at radius 3 is 2.62 bits per heavy atom. The lowest BCUT2D eigenvalue weighted by molar-refractivity contribution is -0.143. The molecule has 2 fully saturated rings. The molecule has 2 aliphatic rings. The number of methoxy groups -OCH3 is 1. The Labute approximate surface area is 141 Å². The van der Waals surface area contributed by atoms with Crippen LogP contribution in [0.2, 0.25) is 0 Å². The first-order valence-corrected chi connectivity index (χ1v) is 8.20. The van der Waals surface area contributed by atoms with Crippen LogP contribution in [0.5, 0.6) is 5.75 Å². The number of carbonyl (C=O) groups excluding carboxylic acids is 2. The zero-order valence-electron chi connectivity index (χ0n) is 14.1. The molecular weight excluding hydrogens is 310 g/mol. The number of carbonyl (C=O) groups is 2. The number of hydrogen-bond donors (Lipinski definition) is 1. The molecule has 0 unspecified atom stereocenters. The van der Waals surface area contributed by atoms with Gasteiger partial charge in [-0.05, 0) is 18.9 Å². The Bertz CT molecular complexity index is 650. The molecule has 2 amide bonds. The van der Waals surface area contributed by atoms with Gasteiger partial charge in [-0.1, -0.05) is 0 Å². The number of likely N-dealkylation sites (tertiary alicyclic amines) is 2. The molecule has 0 radical (unpaired) electrons. The average molecular weight is 333 g/mol. The van der Waals surface area contributed by atoms with Crippen LogP contribution in [0, 0.1) is 5.92 Å². The first kappa shape index (κ1) is 16.7. The summed E-state index contributed by atoms with van der Waals surface area (Å²) in [6.45, 7) is 3.52. The Balaban J connectivity index is 1.74. The first-order valence-electron chi connectivity index (χ1n) is 8.20. The Kier molecular flexibility index (Phi) is 4.45. The molecule has 2 aliphatic heterocycles. The lowest BCUT2D eigenvalue weighted by Crippen LogP contribution is -2.61. The average Bonchev–Trinajstić information content (AvgIpc) is 2.59. The van der Waals surface area contributed by atoms with Gasteiger partial charge in [0.05, 0.1) is 12.7 Å². The summed E-state index contributed by atoms with van der Waals surface area (Å²) in [5, 5.41) is 10.8. The van der Waals surface area contributed by atoms with Crippen molar-refractivity contribution in [3.05, 3.63) is 24.0 Å². The van der Waals surface area contributed by atoms with Crippen molar-refractivity contribution in [2.24, 2.45) is 5.92 Å². The van der Waals surface area contributed by atoms with E-state index in [1.807, 2.05) is 0 Å². The molecule has 1 N–H and O–H groups in total. The molecule has 1 aromatic rings. The third-order valence-electron chi connectivity index (χ3n) is 5.19. The van der Waals surface area contributed by atoms with Gasteiger partial charge in [-0.15, -0.1) is 0 Å². The van der Waals surface area contributed by atoms with E-state index in [0.717, 1.165) is 0 Å². The van der Waals surface area contributed by atoms with Gasteiger partial charge in [0, 0.05) is 51.3 Å². The summed E-state index contributed by atoms with van der Waals surface area (Å²) < 4.78 is 5.14. The highest BCUT2D eigenvalue weighted by Gasteiger charge is 2.46. The number of nitrogens with zero attached hydrogens (tertiary/aromatic N) is 3. The minimum atomic E-state index is -0.787. The Hall–Kier alpha value is -2.15. The van der Waals surface area contributed by atoms with E-state index in [4.69, 9.17) is 4.74 Å². The molecule has 0 aliphatic carbocycles. The number of ether oxygens (including phenoxy) is 1. The van der Waals surface area contributed by atoms with Crippen molar-refractivity contribution < 1.29 is 19.4 Å². The van der Waals surface area contributed by atoms with E-state index in [1.54, 1.807) is 35.2 Å². The Morgan fingerprint density at radius 2 is 1.96 bits per heavy atom. The van der Waals surface area contributed by atoms with Crippen LogP contribution >= 0.6 is 0 Å². The van der Waals surface area contributed by atoms with Crippen molar-refractivity contribution in [1.29, 1.82) is 0 Å². The van der Waals surface area contributed by atoms with Gasteiger partial charge in [0.2, 0.25) is 5.91 Å². The van der Waals surface area contributed by atoms with Crippen molar-refractivity contribution in [2.75, 3.05) is 33.3 Å². The fourth-order valence-electron chi connectivity index (χ4n) is 3.59. The standard InChI is InChI=1S/C17H23N3O4/c1-12(21)19-7-4-17(23)5-8-20(11-13(17)10-19)16(22)15-9-14(24-2)3-6-18-15/h3,6,9,13,23H,4-5,7-8,10-11H2,1-2H3/t13-,17-/m0/s1. The van der Waals surface area contributed by atoms with Crippen LogP contribution in [0.3, 0.4) is 0 Å². The summed E-state index contributed by atoms with van der Waals surface area (Å²) >= 11 is 0. The summed E-state index contributed by atoms with van der Waals surface area (Å²) in [6.07, 6.45) is 2.64. The van der Waals surface area contributed by atoms with Crippen molar-refractivity contribution in [3.63, 3.8) is 0 Å². The number of amides is 2. The predicted octanol–water partition coefficient (Wildman–Crippen LogP) is 0.536. The van der Waals surface area contributed by atoms with Gasteiger partial charge in [-0.2, -0.15) is 0 Å². The zero-order chi connectivity index (χ0) is 17.3. The number of fused-ring (bicyclic) bond motifs is 1. The lowest BCUT2D eigenvalue weighted by Gasteiger charge is -2.50. The number of aliphatic hydroxyl groups is 1. The van der Waals surface area contributed by atoms with Crippen LogP contribution in [-0.4, -0.2) is 70.6 Å². The number of hydrogen-bond acceptors (Lipinski definition) is 5. The first-order chi connectivity index (χ1) is 11.4. The van der Waals surface area contributed by atoms with E-state index >= 15 is 0 Å². The molecule has 2 atom stereocenters. The quantitative estimate of drug-likeness (QED) is 0.854. The third-order valence-corrected chi connectivity index (χ3v) is 5.19. The number of aromatic nitrogens is 1. The normalized spacial score (nSPS) is 26.7. The smallest absolute Gasteiger partial charge is 0.272 e. The molecule has 0 aromatic carbocycles. The molecule has 0 saturated carbocycles. The van der Waals surface area contributed by atoms with Crippen molar-refractivity contribution in [1.82, 2.24) is 14.8 Å². The molecule has 2 saturated heterocycles. The third kappa shape index (κ3) is 3.08. The summed E-state index contributed by atoms with van der Waals surface area (Å²) in [5.74, 6) is 0.298. The number of rotatable bonds is 2. The molecular formula is C17H23N3O4. The largest absolute Gasteiger partial charge is 0.497 e. The maximum absolute atomic E-state index is 12.7. The molecule has 24 heavy (non-hydrogen) atoms. The predicted molar refractivity (Wildman–Crippen MR) is 86.6 cm³/mol. The van der Waals surface area contributed by atoms with Crippen molar-refractivity contribution in [3.8, 4) is 5.75 Å². The van der Waals surface area contributed by atoms with Gasteiger partial charge < -0.3 is 19.6 Å². The van der Waals surface area contributed by atoms with Crippen LogP contribution in [0.4, 0.5) is 0 Å². The molecule has 3 rings (SSSR count). The van der Waals surface area contributed by atoms with Crippen molar-refractivity contribution >= 4 is 11.8 Å². The van der Waals surface area contributed by atoms with Crippen LogP contribution in [0.15, 0.2) is 18.3 Å². The van der Waals surface area contributed by atoms with E-state index in [-0.39, 0.29) is 17.7 Å². The van der Waals surface area contributed by atoms with Gasteiger partial charge >= 0.3 is 0 Å². The summed E-state index contributed by atoms with van der Waals surface area (Å²) in [6, 6.07) is 3.31. The van der Waals surface area contributed by atoms with Gasteiger partial charge in [-0.3, -0.25) is 14.6 Å². The van der Waals surface area contributed by atoms with E-state index in [1.165, 1.54) is 6.92 Å². The van der Waals surface area contributed by atoms with Gasteiger partial charge in [0.1, 0.15) is 11.4 Å². The number of pyridine rings is 1. The lowest BCUT2D eigenvalue weighted by atomic mass is 9.75. The molecule has 7 heteroatoms. The molecule has 0 bridgehead atoms. The fourth-order valence-corrected chi connectivity index (χ4v) is 3.59. The van der Waals surface area contributed by atoms with E-state index in [0.29, 0.717) is 50.5 Å². The monoisotopic (exact) mass is 333 g/mol. The highest BCUT2D eigenvalue weighted by molar-refractivity contribution is 5.92. The van der Waals surface area contributed by atoms with E-state index in [9.17, 15) is 14.7 Å². The van der Waals surface area contributed by atoms with E-state index < -0.39 is 5.60 Å². The zero-order valence-corrected chi connectivity index (χ0v) is 14.1. The van der Waals surface area contributed by atoms with Crippen LogP contribution in [0.1, 0.15) is 30.3 Å². The highest BCUT2D eigenvalue weighted by atomic mass is 16.5. The minimum absolute atomic E-state index is 0.00922. The number of piperidine rings is 2. The SMILES string of the molecule is COc1ccnc(C(=O)N2CC[C@@]3(O)CCN(C(C)=O)C[C@H]3C2)c1.